The third-order valence-corrected chi connectivity index (χ3v) is 3.45. The van der Waals surface area contributed by atoms with E-state index in [0.29, 0.717) is 27.9 Å². The van der Waals surface area contributed by atoms with Crippen LogP contribution in [0.4, 0.5) is 0 Å². The van der Waals surface area contributed by atoms with Crippen LogP contribution in [0.5, 0.6) is 0 Å². The molecular formula is C15H13Cl2NO2. The third-order valence-electron chi connectivity index (χ3n) is 2.90. The number of halogens is 2. The smallest absolute Gasteiger partial charge is 0.337 e. The van der Waals surface area contributed by atoms with Gasteiger partial charge in [-0.15, -0.1) is 0 Å². The number of benzene rings is 1. The van der Waals surface area contributed by atoms with Crippen molar-refractivity contribution in [3.8, 4) is 11.3 Å². The van der Waals surface area contributed by atoms with Gasteiger partial charge in [0.05, 0.1) is 22.0 Å². The van der Waals surface area contributed by atoms with Gasteiger partial charge >= 0.3 is 5.97 Å². The maximum Gasteiger partial charge on any atom is 0.337 e. The van der Waals surface area contributed by atoms with Crippen molar-refractivity contribution in [3.63, 3.8) is 0 Å². The van der Waals surface area contributed by atoms with Crippen LogP contribution in [0.2, 0.25) is 10.0 Å². The number of hydrogen-bond donors (Lipinski definition) is 1. The van der Waals surface area contributed by atoms with Crippen LogP contribution in [-0.2, 0) is 6.42 Å². The Hall–Kier alpha value is -1.58. The van der Waals surface area contributed by atoms with Gasteiger partial charge in [0, 0.05) is 10.6 Å². The summed E-state index contributed by atoms with van der Waals surface area (Å²) in [4.78, 5) is 15.6. The molecule has 0 fully saturated rings. The molecule has 1 N–H and O–H groups in total. The van der Waals surface area contributed by atoms with Gasteiger partial charge in [0.25, 0.3) is 0 Å². The average Bonchev–Trinajstić information content (AvgIpc) is 2.38. The van der Waals surface area contributed by atoms with E-state index in [2.05, 4.69) is 4.98 Å². The highest BCUT2D eigenvalue weighted by atomic mass is 35.5. The number of pyridine rings is 1. The molecular weight excluding hydrogens is 297 g/mol. The van der Waals surface area contributed by atoms with Crippen molar-refractivity contribution in [1.82, 2.24) is 4.98 Å². The van der Waals surface area contributed by atoms with Crippen LogP contribution in [0, 0.1) is 0 Å². The number of aromatic carboxylic acids is 1. The summed E-state index contributed by atoms with van der Waals surface area (Å²) >= 11 is 12.0. The fourth-order valence-electron chi connectivity index (χ4n) is 1.97. The standard InChI is InChI=1S/C15H13Cl2NO2/c1-2-3-13-11(15(19)20)6-7-14(18-13)10-5-4-9(16)8-12(10)17/h4-8H,2-3H2,1H3,(H,19,20). The molecule has 0 saturated heterocycles. The van der Waals surface area contributed by atoms with Crippen molar-refractivity contribution in [2.24, 2.45) is 0 Å². The topological polar surface area (TPSA) is 50.2 Å². The number of hydrogen-bond acceptors (Lipinski definition) is 2. The molecule has 0 radical (unpaired) electrons. The fourth-order valence-corrected chi connectivity index (χ4v) is 2.48. The Labute approximate surface area is 127 Å². The molecule has 0 unspecified atom stereocenters. The molecule has 1 aromatic carbocycles. The number of carboxylic acid groups (broad SMARTS) is 1. The summed E-state index contributed by atoms with van der Waals surface area (Å²) in [6.07, 6.45) is 1.44. The zero-order chi connectivity index (χ0) is 14.7. The minimum atomic E-state index is -0.963. The maximum absolute atomic E-state index is 11.2. The molecule has 0 amide bonds. The molecule has 2 rings (SSSR count). The van der Waals surface area contributed by atoms with Crippen LogP contribution in [0.15, 0.2) is 30.3 Å². The average molecular weight is 310 g/mol. The van der Waals surface area contributed by atoms with Crippen LogP contribution < -0.4 is 0 Å². The first-order chi connectivity index (χ1) is 9.52. The number of nitrogens with zero attached hydrogens (tertiary/aromatic N) is 1. The van der Waals surface area contributed by atoms with E-state index in [1.54, 1.807) is 30.3 Å². The van der Waals surface area contributed by atoms with E-state index >= 15 is 0 Å². The highest BCUT2D eigenvalue weighted by Gasteiger charge is 2.13. The predicted octanol–water partition coefficient (Wildman–Crippen LogP) is 4.71. The van der Waals surface area contributed by atoms with Crippen molar-refractivity contribution < 1.29 is 9.90 Å². The van der Waals surface area contributed by atoms with E-state index in [9.17, 15) is 4.79 Å². The molecule has 1 heterocycles. The van der Waals surface area contributed by atoms with Gasteiger partial charge in [-0.25, -0.2) is 4.79 Å². The molecule has 0 spiro atoms. The first kappa shape index (κ1) is 14.8. The molecule has 0 bridgehead atoms. The van der Waals surface area contributed by atoms with E-state index in [4.69, 9.17) is 28.3 Å². The van der Waals surface area contributed by atoms with Gasteiger partial charge in [0.1, 0.15) is 0 Å². The van der Waals surface area contributed by atoms with Crippen molar-refractivity contribution >= 4 is 29.2 Å². The largest absolute Gasteiger partial charge is 0.478 e. The molecule has 20 heavy (non-hydrogen) atoms. The van der Waals surface area contributed by atoms with E-state index in [1.807, 2.05) is 6.92 Å². The minimum Gasteiger partial charge on any atom is -0.478 e. The van der Waals surface area contributed by atoms with E-state index in [-0.39, 0.29) is 5.56 Å². The van der Waals surface area contributed by atoms with Crippen LogP contribution in [0.1, 0.15) is 29.4 Å². The molecule has 3 nitrogen and oxygen atoms in total. The number of rotatable bonds is 4. The lowest BCUT2D eigenvalue weighted by Gasteiger charge is -2.09. The fraction of sp³-hybridized carbons (Fsp3) is 0.200. The Balaban J connectivity index is 2.52. The first-order valence-electron chi connectivity index (χ1n) is 6.21. The summed E-state index contributed by atoms with van der Waals surface area (Å²) in [5.41, 5.74) is 2.20. The third kappa shape index (κ3) is 3.11. The number of aromatic nitrogens is 1. The second-order valence-corrected chi connectivity index (χ2v) is 5.21. The van der Waals surface area contributed by atoms with Gasteiger partial charge in [-0.3, -0.25) is 4.98 Å². The lowest BCUT2D eigenvalue weighted by Crippen LogP contribution is -2.05. The Morgan fingerprint density at radius 3 is 2.60 bits per heavy atom. The molecule has 0 atom stereocenters. The number of aryl methyl sites for hydroxylation is 1. The lowest BCUT2D eigenvalue weighted by atomic mass is 10.1. The van der Waals surface area contributed by atoms with Crippen molar-refractivity contribution in [3.05, 3.63) is 51.6 Å². The normalized spacial score (nSPS) is 10.6. The molecule has 0 saturated carbocycles. The molecule has 5 heteroatoms. The number of carboxylic acids is 1. The minimum absolute atomic E-state index is 0.237. The molecule has 2 aromatic rings. The molecule has 0 aliphatic heterocycles. The van der Waals surface area contributed by atoms with E-state index < -0.39 is 5.97 Å². The zero-order valence-electron chi connectivity index (χ0n) is 10.9. The number of carbonyl (C=O) groups is 1. The van der Waals surface area contributed by atoms with Crippen molar-refractivity contribution in [2.45, 2.75) is 19.8 Å². The van der Waals surface area contributed by atoms with Gasteiger partial charge in [0.15, 0.2) is 0 Å². The predicted molar refractivity (Wildman–Crippen MR) is 80.6 cm³/mol. The van der Waals surface area contributed by atoms with Gasteiger partial charge in [-0.05, 0) is 36.8 Å². The molecule has 104 valence electrons. The monoisotopic (exact) mass is 309 g/mol. The second kappa shape index (κ2) is 6.25. The maximum atomic E-state index is 11.2. The summed E-state index contributed by atoms with van der Waals surface area (Å²) in [6.45, 7) is 1.98. The Bertz CT molecular complexity index is 656. The lowest BCUT2D eigenvalue weighted by molar-refractivity contribution is 0.0695. The quantitative estimate of drug-likeness (QED) is 0.890. The van der Waals surface area contributed by atoms with Gasteiger partial charge in [-0.1, -0.05) is 36.5 Å². The highest BCUT2D eigenvalue weighted by molar-refractivity contribution is 6.36. The van der Waals surface area contributed by atoms with Gasteiger partial charge in [-0.2, -0.15) is 0 Å². The summed E-state index contributed by atoms with van der Waals surface area (Å²) in [5.74, 6) is -0.963. The summed E-state index contributed by atoms with van der Waals surface area (Å²) in [5, 5.41) is 10.2. The van der Waals surface area contributed by atoms with Crippen LogP contribution in [-0.4, -0.2) is 16.1 Å². The van der Waals surface area contributed by atoms with Crippen molar-refractivity contribution in [1.29, 1.82) is 0 Å². The van der Waals surface area contributed by atoms with Gasteiger partial charge < -0.3 is 5.11 Å². The second-order valence-electron chi connectivity index (χ2n) is 4.37. The highest BCUT2D eigenvalue weighted by Crippen LogP contribution is 2.29. The van der Waals surface area contributed by atoms with Crippen molar-refractivity contribution in [2.75, 3.05) is 0 Å². The first-order valence-corrected chi connectivity index (χ1v) is 6.97. The Morgan fingerprint density at radius 2 is 2.00 bits per heavy atom. The van der Waals surface area contributed by atoms with Crippen LogP contribution in [0.25, 0.3) is 11.3 Å². The van der Waals surface area contributed by atoms with E-state index in [0.717, 1.165) is 12.0 Å². The summed E-state index contributed by atoms with van der Waals surface area (Å²) in [6, 6.07) is 8.39. The van der Waals surface area contributed by atoms with Crippen LogP contribution in [0.3, 0.4) is 0 Å². The van der Waals surface area contributed by atoms with Crippen LogP contribution >= 0.6 is 23.2 Å². The zero-order valence-corrected chi connectivity index (χ0v) is 12.4. The Morgan fingerprint density at radius 1 is 1.25 bits per heavy atom. The molecule has 1 aromatic heterocycles. The summed E-state index contributed by atoms with van der Waals surface area (Å²) in [7, 11) is 0. The Kier molecular flexibility index (Phi) is 4.63. The van der Waals surface area contributed by atoms with E-state index in [1.165, 1.54) is 0 Å². The van der Waals surface area contributed by atoms with Gasteiger partial charge in [0.2, 0.25) is 0 Å². The summed E-state index contributed by atoms with van der Waals surface area (Å²) < 4.78 is 0. The molecule has 0 aliphatic carbocycles. The SMILES string of the molecule is CCCc1nc(-c2ccc(Cl)cc2Cl)ccc1C(=O)O. The molecule has 0 aliphatic rings.